The van der Waals surface area contributed by atoms with Crippen molar-refractivity contribution in [2.24, 2.45) is 0 Å². The maximum atomic E-state index is 13.4. The van der Waals surface area contributed by atoms with E-state index >= 15 is 0 Å². The number of nitrogens with one attached hydrogen (secondary N) is 1. The molecule has 0 spiro atoms. The average molecular weight is 449 g/mol. The van der Waals surface area contributed by atoms with E-state index in [4.69, 9.17) is 14.3 Å². The number of fused-ring (bicyclic) bond motifs is 6. The number of aliphatic carboxylic acids is 1. The Hall–Kier alpha value is -4.58. The number of carboxylic acids is 1. The predicted molar refractivity (Wildman–Crippen MR) is 130 cm³/mol. The smallest absolute Gasteiger partial charge is 0.342 e. The first-order chi connectivity index (χ1) is 16.6. The molecule has 2 N–H and O–H groups in total. The second kappa shape index (κ2) is 7.78. The van der Waals surface area contributed by atoms with Gasteiger partial charge in [-0.05, 0) is 52.2 Å². The predicted octanol–water partition coefficient (Wildman–Crippen LogP) is 5.65. The first kappa shape index (κ1) is 20.1. The Kier molecular flexibility index (Phi) is 4.59. The molecule has 6 nitrogen and oxygen atoms in total. The third-order valence-electron chi connectivity index (χ3n) is 6.23. The first-order valence-corrected chi connectivity index (χ1v) is 10.9. The molecule has 1 aromatic heterocycles. The minimum atomic E-state index is -1.04. The highest BCUT2D eigenvalue weighted by molar-refractivity contribution is 6.00. The fourth-order valence-electron chi connectivity index (χ4n) is 4.79. The Morgan fingerprint density at radius 1 is 0.882 bits per heavy atom. The second-order valence-electron chi connectivity index (χ2n) is 8.23. The van der Waals surface area contributed by atoms with Crippen molar-refractivity contribution in [3.8, 4) is 5.75 Å². The quantitative estimate of drug-likeness (QED) is 0.338. The Morgan fingerprint density at radius 2 is 1.62 bits per heavy atom. The molecule has 166 valence electrons. The molecule has 1 unspecified atom stereocenters. The lowest BCUT2D eigenvalue weighted by molar-refractivity contribution is -0.139. The van der Waals surface area contributed by atoms with E-state index in [1.54, 1.807) is 18.2 Å². The lowest BCUT2D eigenvalue weighted by Gasteiger charge is -2.30. The van der Waals surface area contributed by atoms with Crippen molar-refractivity contribution in [3.63, 3.8) is 0 Å². The average Bonchev–Trinajstić information content (AvgIpc) is 2.86. The molecule has 0 fully saturated rings. The normalized spacial score (nSPS) is 14.3. The molecule has 0 saturated carbocycles. The summed E-state index contributed by atoms with van der Waals surface area (Å²) in [7, 11) is 0. The van der Waals surface area contributed by atoms with E-state index in [1.807, 2.05) is 54.6 Å². The Bertz CT molecular complexity index is 1640. The van der Waals surface area contributed by atoms with Gasteiger partial charge in [0.1, 0.15) is 11.3 Å². The molecule has 0 radical (unpaired) electrons. The zero-order valence-corrected chi connectivity index (χ0v) is 17.9. The van der Waals surface area contributed by atoms with Crippen LogP contribution in [-0.4, -0.2) is 17.7 Å². The number of hydrogen-bond acceptors (Lipinski definition) is 5. The highest BCUT2D eigenvalue weighted by Gasteiger charge is 2.33. The molecule has 1 aliphatic rings. The van der Waals surface area contributed by atoms with E-state index < -0.39 is 18.2 Å². The van der Waals surface area contributed by atoms with Crippen molar-refractivity contribution in [1.29, 1.82) is 0 Å². The minimum Gasteiger partial charge on any atom is -0.482 e. The molecule has 1 aliphatic heterocycles. The zero-order chi connectivity index (χ0) is 23.2. The van der Waals surface area contributed by atoms with E-state index in [2.05, 4.69) is 17.4 Å². The van der Waals surface area contributed by atoms with Crippen LogP contribution in [0.25, 0.3) is 21.7 Å². The first-order valence-electron chi connectivity index (χ1n) is 10.9. The van der Waals surface area contributed by atoms with Crippen molar-refractivity contribution in [1.82, 2.24) is 0 Å². The number of benzene rings is 4. The van der Waals surface area contributed by atoms with Gasteiger partial charge in [-0.1, -0.05) is 54.6 Å². The number of hydrogen-bond donors (Lipinski definition) is 2. The largest absolute Gasteiger partial charge is 0.482 e. The monoisotopic (exact) mass is 449 g/mol. The summed E-state index contributed by atoms with van der Waals surface area (Å²) < 4.78 is 11.1. The zero-order valence-electron chi connectivity index (χ0n) is 17.9. The third kappa shape index (κ3) is 3.19. The number of carboxylic acid groups (broad SMARTS) is 1. The molecule has 6 heteroatoms. The Labute approximate surface area is 194 Å². The van der Waals surface area contributed by atoms with Gasteiger partial charge >= 0.3 is 11.6 Å². The highest BCUT2D eigenvalue weighted by Crippen LogP contribution is 2.48. The van der Waals surface area contributed by atoms with Gasteiger partial charge in [-0.2, -0.15) is 0 Å². The molecule has 1 atom stereocenters. The summed E-state index contributed by atoms with van der Waals surface area (Å²) in [5.41, 5.74) is 4.22. The highest BCUT2D eigenvalue weighted by atomic mass is 16.5. The summed E-state index contributed by atoms with van der Waals surface area (Å²) in [6.07, 6.45) is 0. The summed E-state index contributed by atoms with van der Waals surface area (Å²) in [5, 5.41) is 15.4. The molecule has 2 heterocycles. The number of carbonyl (C=O) groups is 1. The molecular weight excluding hydrogens is 430 g/mol. The lowest BCUT2D eigenvalue weighted by atomic mass is 9.79. The van der Waals surface area contributed by atoms with Crippen LogP contribution in [0.3, 0.4) is 0 Å². The van der Waals surface area contributed by atoms with E-state index in [9.17, 15) is 9.59 Å². The van der Waals surface area contributed by atoms with Gasteiger partial charge in [0.15, 0.2) is 6.61 Å². The van der Waals surface area contributed by atoms with Gasteiger partial charge < -0.3 is 19.6 Å². The van der Waals surface area contributed by atoms with Crippen LogP contribution in [0.4, 0.5) is 11.4 Å². The van der Waals surface area contributed by atoms with Gasteiger partial charge in [-0.25, -0.2) is 9.59 Å². The van der Waals surface area contributed by atoms with E-state index in [0.717, 1.165) is 38.7 Å². The van der Waals surface area contributed by atoms with Crippen LogP contribution < -0.4 is 15.7 Å². The van der Waals surface area contributed by atoms with Crippen molar-refractivity contribution >= 4 is 39.1 Å². The van der Waals surface area contributed by atoms with Crippen LogP contribution in [0.1, 0.15) is 22.6 Å². The molecule has 0 saturated heterocycles. The molecule has 4 aromatic carbocycles. The van der Waals surface area contributed by atoms with Crippen LogP contribution in [-0.2, 0) is 4.79 Å². The van der Waals surface area contributed by atoms with Crippen LogP contribution in [0.2, 0.25) is 0 Å². The lowest BCUT2D eigenvalue weighted by Crippen LogP contribution is -2.22. The van der Waals surface area contributed by atoms with E-state index in [0.29, 0.717) is 16.9 Å². The van der Waals surface area contributed by atoms with Gasteiger partial charge in [0.25, 0.3) is 0 Å². The fraction of sp³-hybridized carbons (Fsp3) is 0.0714. The van der Waals surface area contributed by atoms with Crippen molar-refractivity contribution in [2.45, 2.75) is 5.92 Å². The molecule has 0 amide bonds. The van der Waals surface area contributed by atoms with E-state index in [-0.39, 0.29) is 5.92 Å². The SMILES string of the molecule is O=C(O)COc1ccc(C2c3c(c4ccccc4oc3=O)Nc3ccc4ccccc4c32)cc1. The van der Waals surface area contributed by atoms with Crippen LogP contribution >= 0.6 is 0 Å². The van der Waals surface area contributed by atoms with E-state index in [1.165, 1.54) is 0 Å². The van der Waals surface area contributed by atoms with Crippen LogP contribution in [0.15, 0.2) is 94.1 Å². The summed E-state index contributed by atoms with van der Waals surface area (Å²) in [5.74, 6) is -0.975. The summed E-state index contributed by atoms with van der Waals surface area (Å²) in [6, 6.07) is 26.9. The minimum absolute atomic E-state index is 0.383. The van der Waals surface area contributed by atoms with Gasteiger partial charge in [-0.3, -0.25) is 0 Å². The Balaban J connectivity index is 1.61. The summed E-state index contributed by atoms with van der Waals surface area (Å²) >= 11 is 0. The molecule has 6 rings (SSSR count). The summed E-state index contributed by atoms with van der Waals surface area (Å²) in [6.45, 7) is -0.418. The van der Waals surface area contributed by atoms with Crippen molar-refractivity contribution in [3.05, 3.63) is 112 Å². The van der Waals surface area contributed by atoms with Gasteiger partial charge in [0.2, 0.25) is 0 Å². The topological polar surface area (TPSA) is 88.8 Å². The van der Waals surface area contributed by atoms with Crippen LogP contribution in [0.5, 0.6) is 5.75 Å². The fourth-order valence-corrected chi connectivity index (χ4v) is 4.79. The number of para-hydroxylation sites is 1. The van der Waals surface area contributed by atoms with Gasteiger partial charge in [-0.15, -0.1) is 0 Å². The number of rotatable bonds is 4. The molecule has 5 aromatic rings. The van der Waals surface area contributed by atoms with Crippen molar-refractivity contribution in [2.75, 3.05) is 11.9 Å². The summed E-state index contributed by atoms with van der Waals surface area (Å²) in [4.78, 5) is 24.2. The maximum Gasteiger partial charge on any atom is 0.342 e. The van der Waals surface area contributed by atoms with Crippen LogP contribution in [0, 0.1) is 0 Å². The molecular formula is C28H19NO5. The third-order valence-corrected chi connectivity index (χ3v) is 6.23. The number of anilines is 2. The second-order valence-corrected chi connectivity index (χ2v) is 8.23. The van der Waals surface area contributed by atoms with Crippen molar-refractivity contribution < 1.29 is 19.1 Å². The van der Waals surface area contributed by atoms with Gasteiger partial charge in [0.05, 0.1) is 11.3 Å². The number of ether oxygens (including phenoxy) is 1. The molecule has 0 aliphatic carbocycles. The molecule has 0 bridgehead atoms. The van der Waals surface area contributed by atoms with Gasteiger partial charge in [0, 0.05) is 17.0 Å². The Morgan fingerprint density at radius 3 is 2.41 bits per heavy atom. The maximum absolute atomic E-state index is 13.4. The standard InChI is InChI=1S/C28H19NO5/c30-23(31)15-33-18-12-9-17(10-13-18)24-25-19-6-2-1-5-16(19)11-14-21(25)29-27-20-7-3-4-8-22(20)34-28(32)26(24)27/h1-14,24,29H,15H2,(H,30,31). The molecule has 34 heavy (non-hydrogen) atoms.